The average Bonchev–Trinajstić information content (AvgIpc) is 3.40. The number of pyridine rings is 1. The maximum atomic E-state index is 11.5. The summed E-state index contributed by atoms with van der Waals surface area (Å²) in [7, 11) is 0. The van der Waals surface area contributed by atoms with Crippen LogP contribution in [0.1, 0.15) is 49.3 Å². The smallest absolute Gasteiger partial charge is 0.326 e. The highest BCUT2D eigenvalue weighted by molar-refractivity contribution is 5.57. The van der Waals surface area contributed by atoms with Crippen LogP contribution in [0.3, 0.4) is 0 Å². The van der Waals surface area contributed by atoms with Gasteiger partial charge in [-0.3, -0.25) is 9.97 Å². The summed E-state index contributed by atoms with van der Waals surface area (Å²) in [5.41, 5.74) is 2.56. The maximum absolute atomic E-state index is 11.5. The van der Waals surface area contributed by atoms with Gasteiger partial charge in [0.05, 0.1) is 24.0 Å². The molecule has 1 atom stereocenters. The summed E-state index contributed by atoms with van der Waals surface area (Å²) < 4.78 is 1.57. The minimum Gasteiger partial charge on any atom is -0.493 e. The molecular formula is C21H23N9O2. The third-order valence-electron chi connectivity index (χ3n) is 5.24. The Kier molecular flexibility index (Phi) is 4.92. The summed E-state index contributed by atoms with van der Waals surface area (Å²) in [5, 5.41) is 18.3. The highest BCUT2D eigenvalue weighted by Gasteiger charge is 2.21. The zero-order valence-corrected chi connectivity index (χ0v) is 17.7. The van der Waals surface area contributed by atoms with E-state index in [0.29, 0.717) is 22.4 Å². The maximum Gasteiger partial charge on any atom is 0.326 e. The van der Waals surface area contributed by atoms with Crippen LogP contribution in [0.25, 0.3) is 11.7 Å². The summed E-state index contributed by atoms with van der Waals surface area (Å²) in [6, 6.07) is 6.08. The third-order valence-corrected chi connectivity index (χ3v) is 5.24. The molecule has 1 saturated carbocycles. The van der Waals surface area contributed by atoms with Gasteiger partial charge in [0.25, 0.3) is 5.62 Å². The van der Waals surface area contributed by atoms with Crippen molar-refractivity contribution in [3.8, 4) is 5.88 Å². The Morgan fingerprint density at radius 3 is 2.84 bits per heavy atom. The van der Waals surface area contributed by atoms with Crippen molar-refractivity contribution in [1.29, 1.82) is 0 Å². The standard InChI is InChI=1S/C21H23N9O2/c1-3-14(15-6-4-5-11(2)23-15)25-19-27-17-12(9-16-18(31)28-21(32)26-16)10-22-30(17)20(29-19)24-13-7-8-13/h4-6,9-10,13-14,31H,3,7-8H2,1-2H3,(H,24,25,29)(H2,26,28,32)/b12-9+. The van der Waals surface area contributed by atoms with E-state index in [4.69, 9.17) is 0 Å². The quantitative estimate of drug-likeness (QED) is 0.350. The van der Waals surface area contributed by atoms with Gasteiger partial charge in [0.1, 0.15) is 5.69 Å². The van der Waals surface area contributed by atoms with E-state index in [0.717, 1.165) is 30.7 Å². The van der Waals surface area contributed by atoms with Crippen LogP contribution in [0.4, 0.5) is 5.95 Å². The van der Waals surface area contributed by atoms with Gasteiger partial charge < -0.3 is 15.4 Å². The van der Waals surface area contributed by atoms with E-state index >= 15 is 0 Å². The molecule has 0 aromatic carbocycles. The minimum atomic E-state index is -0.497. The van der Waals surface area contributed by atoms with Crippen LogP contribution in [-0.2, 0) is 0 Å². The number of H-pyrrole nitrogens is 2. The van der Waals surface area contributed by atoms with E-state index in [1.54, 1.807) is 16.8 Å². The normalized spacial score (nSPS) is 16.1. The van der Waals surface area contributed by atoms with Gasteiger partial charge in [-0.1, -0.05) is 13.0 Å². The zero-order valence-electron chi connectivity index (χ0n) is 17.7. The summed E-state index contributed by atoms with van der Waals surface area (Å²) in [5.74, 6) is 0.162. The molecule has 0 saturated heterocycles. The molecule has 1 aliphatic carbocycles. The van der Waals surface area contributed by atoms with Crippen molar-refractivity contribution in [2.24, 2.45) is 4.99 Å². The summed E-state index contributed by atoms with van der Waals surface area (Å²) >= 11 is 0. The number of hydrogen-bond donors (Lipinski definition) is 4. The van der Waals surface area contributed by atoms with Crippen molar-refractivity contribution < 1.29 is 5.11 Å². The van der Waals surface area contributed by atoms with Crippen LogP contribution < -0.4 is 21.8 Å². The van der Waals surface area contributed by atoms with E-state index in [2.05, 4.69) is 47.3 Å². The van der Waals surface area contributed by atoms with Crippen molar-refractivity contribution in [1.82, 2.24) is 34.5 Å². The molecule has 11 nitrogen and oxygen atoms in total. The lowest BCUT2D eigenvalue weighted by atomic mass is 10.1. The van der Waals surface area contributed by atoms with Gasteiger partial charge in [-0.2, -0.15) is 19.6 Å². The van der Waals surface area contributed by atoms with Gasteiger partial charge in [0, 0.05) is 10.9 Å². The van der Waals surface area contributed by atoms with Crippen molar-refractivity contribution in [3.63, 3.8) is 0 Å². The molecular weight excluding hydrogens is 410 g/mol. The molecule has 0 aliphatic heterocycles. The number of aromatic amines is 2. The number of nitrogens with zero attached hydrogens (tertiary/aromatic N) is 6. The largest absolute Gasteiger partial charge is 0.493 e. The first kappa shape index (κ1) is 19.9. The first-order chi connectivity index (χ1) is 15.5. The summed E-state index contributed by atoms with van der Waals surface area (Å²) in [6.07, 6.45) is 6.04. The lowest BCUT2D eigenvalue weighted by Crippen LogP contribution is -2.26. The van der Waals surface area contributed by atoms with Gasteiger partial charge in [-0.15, -0.1) is 0 Å². The van der Waals surface area contributed by atoms with Crippen molar-refractivity contribution >= 4 is 17.7 Å². The highest BCUT2D eigenvalue weighted by Crippen LogP contribution is 2.22. The predicted molar refractivity (Wildman–Crippen MR) is 117 cm³/mol. The van der Waals surface area contributed by atoms with Gasteiger partial charge in [0.15, 0.2) is 5.65 Å². The molecule has 1 unspecified atom stereocenters. The Morgan fingerprint density at radius 1 is 1.31 bits per heavy atom. The fourth-order valence-corrected chi connectivity index (χ4v) is 3.44. The molecule has 4 aromatic rings. The van der Waals surface area contributed by atoms with Gasteiger partial charge in [-0.05, 0) is 44.4 Å². The molecule has 4 N–H and O–H groups in total. The first-order valence-corrected chi connectivity index (χ1v) is 10.5. The van der Waals surface area contributed by atoms with Crippen LogP contribution in [0, 0.1) is 6.92 Å². The Balaban J connectivity index is 1.63. The Bertz CT molecular complexity index is 1460. The average molecular weight is 433 g/mol. The molecule has 11 heteroatoms. The molecule has 1 aliphatic rings. The monoisotopic (exact) mass is 433 g/mol. The van der Waals surface area contributed by atoms with Crippen LogP contribution in [0.2, 0.25) is 0 Å². The van der Waals surface area contributed by atoms with E-state index in [1.807, 2.05) is 25.1 Å². The number of imidazole rings is 1. The number of anilines is 1. The number of fused-ring (bicyclic) bond motifs is 1. The van der Waals surface area contributed by atoms with Crippen LogP contribution in [-0.4, -0.2) is 45.7 Å². The Labute approximate surface area is 182 Å². The number of rotatable bonds is 6. The summed E-state index contributed by atoms with van der Waals surface area (Å²) in [6.45, 7) is 4.03. The third kappa shape index (κ3) is 3.96. The van der Waals surface area contributed by atoms with E-state index in [9.17, 15) is 9.90 Å². The van der Waals surface area contributed by atoms with E-state index < -0.39 is 5.69 Å². The number of hydrogen-bond acceptors (Lipinski definition) is 8. The second kappa shape index (κ2) is 7.91. The second-order valence-corrected chi connectivity index (χ2v) is 7.84. The van der Waals surface area contributed by atoms with E-state index in [1.165, 1.54) is 0 Å². The fraction of sp³-hybridized carbons (Fsp3) is 0.333. The molecule has 0 amide bonds. The fourth-order valence-electron chi connectivity index (χ4n) is 3.44. The second-order valence-electron chi connectivity index (χ2n) is 7.84. The van der Waals surface area contributed by atoms with Crippen molar-refractivity contribution in [3.05, 3.63) is 62.8 Å². The summed E-state index contributed by atoms with van der Waals surface area (Å²) in [4.78, 5) is 34.9. The Hall–Kier alpha value is -4.02. The number of nitrogens with one attached hydrogen (secondary N) is 3. The minimum absolute atomic E-state index is 0.0773. The SMILES string of the molecule is CCC(Nc1nc(=NC2CC2)n2nc/c(=C\c3[nH]c(=O)[nH]c3O)c2n1)c1cccc(C)n1. The lowest BCUT2D eigenvalue weighted by Gasteiger charge is -2.16. The molecule has 0 bridgehead atoms. The van der Waals surface area contributed by atoms with Crippen LogP contribution in [0.5, 0.6) is 5.88 Å². The topological polar surface area (TPSA) is 149 Å². The van der Waals surface area contributed by atoms with Gasteiger partial charge in [-0.25, -0.2) is 9.79 Å². The molecule has 5 rings (SSSR count). The zero-order chi connectivity index (χ0) is 22.2. The molecule has 4 heterocycles. The predicted octanol–water partition coefficient (Wildman–Crippen LogP) is 0.724. The first-order valence-electron chi connectivity index (χ1n) is 10.5. The molecule has 32 heavy (non-hydrogen) atoms. The van der Waals surface area contributed by atoms with E-state index in [-0.39, 0.29) is 23.7 Å². The number of aromatic nitrogens is 7. The molecule has 0 radical (unpaired) electrons. The molecule has 4 aromatic heterocycles. The van der Waals surface area contributed by atoms with Gasteiger partial charge >= 0.3 is 5.69 Å². The lowest BCUT2D eigenvalue weighted by molar-refractivity contribution is 0.454. The van der Waals surface area contributed by atoms with Gasteiger partial charge in [0.2, 0.25) is 11.8 Å². The Morgan fingerprint density at radius 2 is 2.16 bits per heavy atom. The molecule has 0 spiro atoms. The number of aromatic hydroxyl groups is 1. The van der Waals surface area contributed by atoms with Crippen molar-refractivity contribution in [2.45, 2.75) is 45.2 Å². The molecule has 1 fully saturated rings. The van der Waals surface area contributed by atoms with Crippen LogP contribution >= 0.6 is 0 Å². The van der Waals surface area contributed by atoms with Crippen molar-refractivity contribution in [2.75, 3.05) is 5.32 Å². The number of aryl methyl sites for hydroxylation is 1. The highest BCUT2D eigenvalue weighted by atomic mass is 16.3. The molecule has 164 valence electrons. The van der Waals surface area contributed by atoms with Crippen LogP contribution in [0.15, 0.2) is 34.2 Å².